The molecule has 15 heavy (non-hydrogen) atoms. The second kappa shape index (κ2) is 5.82. The second-order valence-electron chi connectivity index (χ2n) is 3.08. The van der Waals surface area contributed by atoms with E-state index in [9.17, 15) is 4.79 Å². The van der Waals surface area contributed by atoms with Gasteiger partial charge in [0.15, 0.2) is 0 Å². The van der Waals surface area contributed by atoms with Gasteiger partial charge in [0.05, 0.1) is 18.2 Å². The van der Waals surface area contributed by atoms with E-state index in [1.807, 2.05) is 12.1 Å². The van der Waals surface area contributed by atoms with Crippen LogP contribution in [0.2, 0.25) is 0 Å². The maximum atomic E-state index is 11.3. The summed E-state index contributed by atoms with van der Waals surface area (Å²) in [4.78, 5) is 11.3. The highest BCUT2D eigenvalue weighted by atomic mass is 16.5. The van der Waals surface area contributed by atoms with Crippen molar-refractivity contribution in [1.29, 1.82) is 5.26 Å². The van der Waals surface area contributed by atoms with Crippen molar-refractivity contribution in [3.63, 3.8) is 0 Å². The Morgan fingerprint density at radius 1 is 1.40 bits per heavy atom. The average molecular weight is 203 g/mol. The van der Waals surface area contributed by atoms with Crippen LogP contribution in [0.15, 0.2) is 24.3 Å². The van der Waals surface area contributed by atoms with E-state index in [0.717, 1.165) is 12.0 Å². The summed E-state index contributed by atoms with van der Waals surface area (Å²) in [7, 11) is 0. The maximum absolute atomic E-state index is 11.3. The molecule has 0 fully saturated rings. The molecule has 3 nitrogen and oxygen atoms in total. The van der Waals surface area contributed by atoms with Crippen molar-refractivity contribution in [2.24, 2.45) is 0 Å². The minimum absolute atomic E-state index is 0.302. The Kier molecular flexibility index (Phi) is 4.36. The van der Waals surface area contributed by atoms with Gasteiger partial charge in [0, 0.05) is 6.42 Å². The van der Waals surface area contributed by atoms with E-state index in [1.54, 1.807) is 19.1 Å². The highest BCUT2D eigenvalue weighted by Gasteiger charge is 2.04. The van der Waals surface area contributed by atoms with E-state index in [2.05, 4.69) is 6.07 Å². The van der Waals surface area contributed by atoms with E-state index >= 15 is 0 Å². The first-order valence-electron chi connectivity index (χ1n) is 4.91. The number of benzene rings is 1. The number of carbonyl (C=O) groups excluding carboxylic acids is 1. The minimum Gasteiger partial charge on any atom is -0.462 e. The Morgan fingerprint density at radius 2 is 2.07 bits per heavy atom. The normalized spacial score (nSPS) is 9.33. The first-order chi connectivity index (χ1) is 7.27. The number of hydrogen-bond acceptors (Lipinski definition) is 3. The van der Waals surface area contributed by atoms with Crippen molar-refractivity contribution < 1.29 is 9.53 Å². The SMILES string of the molecule is CCOC(=O)c1ccc(CCC#N)cc1. The molecule has 1 aromatic rings. The molecule has 0 saturated carbocycles. The van der Waals surface area contributed by atoms with E-state index in [-0.39, 0.29) is 5.97 Å². The first-order valence-corrected chi connectivity index (χ1v) is 4.91. The Balaban J connectivity index is 2.64. The molecule has 78 valence electrons. The number of nitriles is 1. The lowest BCUT2D eigenvalue weighted by Crippen LogP contribution is -2.04. The fraction of sp³-hybridized carbons (Fsp3) is 0.333. The Morgan fingerprint density at radius 3 is 2.60 bits per heavy atom. The molecule has 0 N–H and O–H groups in total. The van der Waals surface area contributed by atoms with E-state index < -0.39 is 0 Å². The van der Waals surface area contributed by atoms with E-state index in [1.165, 1.54) is 0 Å². The van der Waals surface area contributed by atoms with Crippen molar-refractivity contribution >= 4 is 5.97 Å². The number of rotatable bonds is 4. The predicted octanol–water partition coefficient (Wildman–Crippen LogP) is 2.32. The zero-order chi connectivity index (χ0) is 11.1. The molecule has 0 aromatic heterocycles. The third-order valence-electron chi connectivity index (χ3n) is 1.99. The summed E-state index contributed by atoms with van der Waals surface area (Å²) in [5, 5.41) is 8.42. The summed E-state index contributed by atoms with van der Waals surface area (Å²) in [5.41, 5.74) is 1.61. The minimum atomic E-state index is -0.302. The quantitative estimate of drug-likeness (QED) is 0.705. The summed E-state index contributed by atoms with van der Waals surface area (Å²) in [6.45, 7) is 2.16. The van der Waals surface area contributed by atoms with Gasteiger partial charge in [0.2, 0.25) is 0 Å². The molecule has 0 radical (unpaired) electrons. The lowest BCUT2D eigenvalue weighted by Gasteiger charge is -2.02. The number of hydrogen-bond donors (Lipinski definition) is 0. The van der Waals surface area contributed by atoms with Gasteiger partial charge in [-0.25, -0.2) is 4.79 Å². The Bertz CT molecular complexity index is 362. The highest BCUT2D eigenvalue weighted by molar-refractivity contribution is 5.89. The average Bonchev–Trinajstić information content (AvgIpc) is 2.27. The third-order valence-corrected chi connectivity index (χ3v) is 1.99. The van der Waals surface area contributed by atoms with Crippen molar-refractivity contribution in [3.8, 4) is 6.07 Å². The van der Waals surface area contributed by atoms with E-state index in [0.29, 0.717) is 18.6 Å². The summed E-state index contributed by atoms with van der Waals surface area (Å²) in [5.74, 6) is -0.302. The van der Waals surface area contributed by atoms with Crippen LogP contribution in [0.25, 0.3) is 0 Å². The van der Waals surface area contributed by atoms with E-state index in [4.69, 9.17) is 10.00 Å². The van der Waals surface area contributed by atoms with Crippen LogP contribution in [0.5, 0.6) is 0 Å². The molecular formula is C12H13NO2. The zero-order valence-electron chi connectivity index (χ0n) is 8.69. The van der Waals surface area contributed by atoms with Gasteiger partial charge in [-0.15, -0.1) is 0 Å². The molecule has 3 heteroatoms. The maximum Gasteiger partial charge on any atom is 0.338 e. The number of nitrogens with zero attached hydrogens (tertiary/aromatic N) is 1. The van der Waals surface area contributed by atoms with Crippen LogP contribution in [-0.4, -0.2) is 12.6 Å². The van der Waals surface area contributed by atoms with Crippen LogP contribution in [-0.2, 0) is 11.2 Å². The van der Waals surface area contributed by atoms with Crippen LogP contribution in [0.1, 0.15) is 29.3 Å². The monoisotopic (exact) mass is 203 g/mol. The number of aryl methyl sites for hydroxylation is 1. The van der Waals surface area contributed by atoms with Gasteiger partial charge in [0.1, 0.15) is 0 Å². The summed E-state index contributed by atoms with van der Waals surface area (Å²) in [6, 6.07) is 9.24. The Labute approximate surface area is 89.3 Å². The third kappa shape index (κ3) is 3.43. The molecule has 0 aliphatic rings. The standard InChI is InChI=1S/C12H13NO2/c1-2-15-12(14)11-7-5-10(6-8-11)4-3-9-13/h5-8H,2-4H2,1H3. The number of esters is 1. The van der Waals surface area contributed by atoms with Gasteiger partial charge in [-0.3, -0.25) is 0 Å². The van der Waals surface area contributed by atoms with Crippen molar-refractivity contribution in [2.45, 2.75) is 19.8 Å². The van der Waals surface area contributed by atoms with Crippen LogP contribution < -0.4 is 0 Å². The first kappa shape index (κ1) is 11.3. The Hall–Kier alpha value is -1.82. The van der Waals surface area contributed by atoms with Gasteiger partial charge in [-0.05, 0) is 31.0 Å². The fourth-order valence-corrected chi connectivity index (χ4v) is 1.22. The molecule has 0 atom stereocenters. The van der Waals surface area contributed by atoms with Crippen LogP contribution in [0.4, 0.5) is 0 Å². The van der Waals surface area contributed by atoms with Crippen LogP contribution >= 0.6 is 0 Å². The molecule has 0 heterocycles. The zero-order valence-corrected chi connectivity index (χ0v) is 8.69. The van der Waals surface area contributed by atoms with Crippen molar-refractivity contribution in [1.82, 2.24) is 0 Å². The number of ether oxygens (including phenoxy) is 1. The topological polar surface area (TPSA) is 50.1 Å². The molecule has 0 amide bonds. The summed E-state index contributed by atoms with van der Waals surface area (Å²) >= 11 is 0. The van der Waals surface area contributed by atoms with Gasteiger partial charge >= 0.3 is 5.97 Å². The van der Waals surface area contributed by atoms with Gasteiger partial charge in [-0.1, -0.05) is 12.1 Å². The molecule has 0 unspecified atom stereocenters. The predicted molar refractivity (Wildman–Crippen MR) is 56.3 cm³/mol. The second-order valence-corrected chi connectivity index (χ2v) is 3.08. The van der Waals surface area contributed by atoms with Crippen LogP contribution in [0.3, 0.4) is 0 Å². The molecule has 0 bridgehead atoms. The molecular weight excluding hydrogens is 190 g/mol. The fourth-order valence-electron chi connectivity index (χ4n) is 1.22. The van der Waals surface area contributed by atoms with Crippen LogP contribution in [0, 0.1) is 11.3 Å². The molecule has 0 spiro atoms. The molecule has 1 rings (SSSR count). The summed E-state index contributed by atoms with van der Waals surface area (Å²) in [6.07, 6.45) is 1.22. The molecule has 0 aliphatic heterocycles. The lowest BCUT2D eigenvalue weighted by molar-refractivity contribution is 0.0526. The highest BCUT2D eigenvalue weighted by Crippen LogP contribution is 2.07. The summed E-state index contributed by atoms with van der Waals surface area (Å²) < 4.78 is 4.86. The number of carbonyl (C=O) groups is 1. The van der Waals surface area contributed by atoms with Gasteiger partial charge in [0.25, 0.3) is 0 Å². The molecule has 0 aliphatic carbocycles. The van der Waals surface area contributed by atoms with Crippen molar-refractivity contribution in [2.75, 3.05) is 6.61 Å². The smallest absolute Gasteiger partial charge is 0.338 e. The molecule has 0 saturated heterocycles. The molecule has 1 aromatic carbocycles. The van der Waals surface area contributed by atoms with Gasteiger partial charge in [-0.2, -0.15) is 5.26 Å². The van der Waals surface area contributed by atoms with Crippen molar-refractivity contribution in [3.05, 3.63) is 35.4 Å². The largest absolute Gasteiger partial charge is 0.462 e. The lowest BCUT2D eigenvalue weighted by atomic mass is 10.1. The van der Waals surface area contributed by atoms with Gasteiger partial charge < -0.3 is 4.74 Å².